The molecule has 148 valence electrons. The Morgan fingerprint density at radius 2 is 1.79 bits per heavy atom. The Labute approximate surface area is 176 Å². The van der Waals surface area contributed by atoms with Gasteiger partial charge in [-0.25, -0.2) is 4.98 Å². The molecule has 3 aromatic rings. The van der Waals surface area contributed by atoms with Gasteiger partial charge in [-0.3, -0.25) is 9.69 Å². The van der Waals surface area contributed by atoms with Crippen molar-refractivity contribution in [2.45, 2.75) is 38.0 Å². The van der Waals surface area contributed by atoms with Gasteiger partial charge in [0.1, 0.15) is 0 Å². The van der Waals surface area contributed by atoms with E-state index in [9.17, 15) is 4.79 Å². The molecular formula is C25H26N2OS. The summed E-state index contributed by atoms with van der Waals surface area (Å²) in [4.78, 5) is 19.4. The molecule has 0 spiro atoms. The van der Waals surface area contributed by atoms with Crippen LogP contribution in [-0.4, -0.2) is 17.4 Å². The number of anilines is 1. The topological polar surface area (TPSA) is 33.2 Å². The van der Waals surface area contributed by atoms with Crippen LogP contribution >= 0.6 is 11.3 Å². The predicted molar refractivity (Wildman–Crippen MR) is 122 cm³/mol. The van der Waals surface area contributed by atoms with E-state index >= 15 is 0 Å². The third kappa shape index (κ3) is 4.48. The van der Waals surface area contributed by atoms with Crippen molar-refractivity contribution in [3.63, 3.8) is 0 Å². The highest BCUT2D eigenvalue weighted by Gasteiger charge is 2.20. The Kier molecular flexibility index (Phi) is 6.20. The largest absolute Gasteiger partial charge is 0.280 e. The van der Waals surface area contributed by atoms with Gasteiger partial charge in [0.15, 0.2) is 5.13 Å². The molecule has 1 aliphatic carbocycles. The van der Waals surface area contributed by atoms with Crippen LogP contribution in [0.25, 0.3) is 11.3 Å². The zero-order chi connectivity index (χ0) is 20.1. The summed E-state index contributed by atoms with van der Waals surface area (Å²) < 4.78 is 0. The first-order valence-corrected chi connectivity index (χ1v) is 11.2. The quantitative estimate of drug-likeness (QED) is 0.430. The summed E-state index contributed by atoms with van der Waals surface area (Å²) in [6.07, 6.45) is 8.41. The fraction of sp³-hybridized carbons (Fsp3) is 0.280. The Morgan fingerprint density at radius 1 is 1.07 bits per heavy atom. The maximum atomic E-state index is 12.9. The fourth-order valence-electron chi connectivity index (χ4n) is 4.00. The van der Waals surface area contributed by atoms with E-state index in [2.05, 4.69) is 30.8 Å². The number of thiazole rings is 1. The molecule has 1 aromatic heterocycles. The van der Waals surface area contributed by atoms with Gasteiger partial charge in [-0.15, -0.1) is 17.9 Å². The molecule has 0 unspecified atom stereocenters. The van der Waals surface area contributed by atoms with E-state index in [4.69, 9.17) is 4.98 Å². The number of carbonyl (C=O) groups excluding carboxylic acids is 1. The molecule has 0 N–H and O–H groups in total. The van der Waals surface area contributed by atoms with Crippen LogP contribution in [0.2, 0.25) is 0 Å². The first-order chi connectivity index (χ1) is 14.3. The van der Waals surface area contributed by atoms with Crippen LogP contribution in [0, 0.1) is 0 Å². The molecule has 2 aromatic carbocycles. The normalized spacial score (nSPS) is 14.5. The third-order valence-corrected chi connectivity index (χ3v) is 6.45. The van der Waals surface area contributed by atoms with Gasteiger partial charge in [0.05, 0.1) is 5.69 Å². The third-order valence-electron chi connectivity index (χ3n) is 5.58. The van der Waals surface area contributed by atoms with E-state index < -0.39 is 0 Å². The van der Waals surface area contributed by atoms with Crippen molar-refractivity contribution in [2.75, 3.05) is 11.4 Å². The Morgan fingerprint density at radius 3 is 2.48 bits per heavy atom. The van der Waals surface area contributed by atoms with Crippen molar-refractivity contribution in [3.8, 4) is 11.3 Å². The molecule has 3 nitrogen and oxygen atoms in total. The molecule has 1 saturated carbocycles. The van der Waals surface area contributed by atoms with Gasteiger partial charge in [0.2, 0.25) is 0 Å². The lowest BCUT2D eigenvalue weighted by atomic mass is 9.84. The first kappa shape index (κ1) is 19.6. The van der Waals surface area contributed by atoms with E-state index in [1.54, 1.807) is 11.0 Å². The molecule has 4 rings (SSSR count). The van der Waals surface area contributed by atoms with E-state index in [1.165, 1.54) is 49.0 Å². The predicted octanol–water partition coefficient (Wildman–Crippen LogP) is 6.69. The van der Waals surface area contributed by atoms with E-state index in [0.717, 1.165) is 11.3 Å². The molecule has 4 heteroatoms. The van der Waals surface area contributed by atoms with Gasteiger partial charge in [0.25, 0.3) is 5.91 Å². The molecule has 1 aliphatic rings. The molecule has 0 bridgehead atoms. The fourth-order valence-corrected chi connectivity index (χ4v) is 4.84. The molecule has 0 radical (unpaired) electrons. The Hall–Kier alpha value is -2.72. The van der Waals surface area contributed by atoms with E-state index in [0.29, 0.717) is 23.2 Å². The number of aromatic nitrogens is 1. The van der Waals surface area contributed by atoms with Gasteiger partial charge >= 0.3 is 0 Å². The zero-order valence-electron chi connectivity index (χ0n) is 16.6. The van der Waals surface area contributed by atoms with Crippen LogP contribution in [0.5, 0.6) is 0 Å². The number of hydrogen-bond donors (Lipinski definition) is 0. The minimum atomic E-state index is -0.0564. The van der Waals surface area contributed by atoms with Crippen LogP contribution in [0.4, 0.5) is 5.13 Å². The number of amides is 1. The highest BCUT2D eigenvalue weighted by molar-refractivity contribution is 7.14. The number of nitrogens with zero attached hydrogens (tertiary/aromatic N) is 2. The monoisotopic (exact) mass is 402 g/mol. The van der Waals surface area contributed by atoms with Crippen molar-refractivity contribution < 1.29 is 4.79 Å². The summed E-state index contributed by atoms with van der Waals surface area (Å²) in [5.74, 6) is 0.648. The van der Waals surface area contributed by atoms with Crippen molar-refractivity contribution in [2.24, 2.45) is 0 Å². The summed E-state index contributed by atoms with van der Waals surface area (Å²) in [6, 6.07) is 18.2. The number of benzene rings is 2. The zero-order valence-corrected chi connectivity index (χ0v) is 17.4. The van der Waals surface area contributed by atoms with Gasteiger partial charge in [0, 0.05) is 23.1 Å². The van der Waals surface area contributed by atoms with Crippen molar-refractivity contribution in [1.29, 1.82) is 0 Å². The lowest BCUT2D eigenvalue weighted by molar-refractivity contribution is 0.0989. The number of carbonyl (C=O) groups is 1. The van der Waals surface area contributed by atoms with Gasteiger partial charge < -0.3 is 0 Å². The SMILES string of the molecule is C=CCN(C(=O)c1ccccc1)c1nc(-c2ccc(C3CCCCC3)cc2)cs1. The molecule has 1 fully saturated rings. The second-order valence-corrected chi connectivity index (χ2v) is 8.38. The number of hydrogen-bond acceptors (Lipinski definition) is 3. The highest BCUT2D eigenvalue weighted by Crippen LogP contribution is 2.34. The van der Waals surface area contributed by atoms with Crippen molar-refractivity contribution >= 4 is 22.4 Å². The summed E-state index contributed by atoms with van der Waals surface area (Å²) in [5, 5.41) is 2.73. The van der Waals surface area contributed by atoms with Crippen LogP contribution in [0.3, 0.4) is 0 Å². The van der Waals surface area contributed by atoms with Crippen LogP contribution < -0.4 is 4.90 Å². The standard InChI is InChI=1S/C25H26N2OS/c1-2-17-27(24(28)22-11-7-4-8-12-22)25-26-23(18-29-25)21-15-13-20(14-16-21)19-9-5-3-6-10-19/h2,4,7-8,11-16,18-19H,1,3,5-6,9-10,17H2. The van der Waals surface area contributed by atoms with E-state index in [-0.39, 0.29) is 5.91 Å². The smallest absolute Gasteiger partial charge is 0.260 e. The molecule has 1 amide bonds. The number of rotatable bonds is 6. The molecule has 0 aliphatic heterocycles. The maximum Gasteiger partial charge on any atom is 0.260 e. The van der Waals surface area contributed by atoms with Crippen LogP contribution in [-0.2, 0) is 0 Å². The van der Waals surface area contributed by atoms with Gasteiger partial charge in [-0.2, -0.15) is 0 Å². The Balaban J connectivity index is 1.54. The Bertz CT molecular complexity index is 956. The second kappa shape index (κ2) is 9.19. The molecule has 1 heterocycles. The highest BCUT2D eigenvalue weighted by atomic mass is 32.1. The molecule has 0 atom stereocenters. The van der Waals surface area contributed by atoms with Crippen molar-refractivity contribution in [3.05, 3.63) is 83.8 Å². The summed E-state index contributed by atoms with van der Waals surface area (Å²) >= 11 is 1.49. The lowest BCUT2D eigenvalue weighted by Crippen LogP contribution is -2.30. The molecule has 0 saturated heterocycles. The van der Waals surface area contributed by atoms with Crippen LogP contribution in [0.15, 0.2) is 72.6 Å². The maximum absolute atomic E-state index is 12.9. The molecule has 29 heavy (non-hydrogen) atoms. The van der Waals surface area contributed by atoms with Gasteiger partial charge in [-0.1, -0.05) is 67.8 Å². The minimum Gasteiger partial charge on any atom is -0.280 e. The van der Waals surface area contributed by atoms with Crippen molar-refractivity contribution in [1.82, 2.24) is 4.98 Å². The van der Waals surface area contributed by atoms with Gasteiger partial charge in [-0.05, 0) is 36.5 Å². The first-order valence-electron chi connectivity index (χ1n) is 10.3. The second-order valence-electron chi connectivity index (χ2n) is 7.54. The summed E-state index contributed by atoms with van der Waals surface area (Å²) in [6.45, 7) is 4.24. The van der Waals surface area contributed by atoms with E-state index in [1.807, 2.05) is 35.7 Å². The van der Waals surface area contributed by atoms with Crippen LogP contribution in [0.1, 0.15) is 53.9 Å². The lowest BCUT2D eigenvalue weighted by Gasteiger charge is -2.22. The average molecular weight is 403 g/mol. The average Bonchev–Trinajstić information content (AvgIpc) is 3.28. The minimum absolute atomic E-state index is 0.0564. The summed E-state index contributed by atoms with van der Waals surface area (Å²) in [7, 11) is 0. The summed E-state index contributed by atoms with van der Waals surface area (Å²) in [5.41, 5.74) is 4.10. The molecular weight excluding hydrogens is 376 g/mol.